The number of carbonyl (C=O) groups is 2. The third kappa shape index (κ3) is 3.19. The van der Waals surface area contributed by atoms with Crippen molar-refractivity contribution in [1.29, 1.82) is 0 Å². The molecule has 0 amide bonds. The van der Waals surface area contributed by atoms with Crippen molar-refractivity contribution in [3.63, 3.8) is 0 Å². The normalized spacial score (nSPS) is 10.4. The van der Waals surface area contributed by atoms with Crippen molar-refractivity contribution in [2.24, 2.45) is 0 Å². The van der Waals surface area contributed by atoms with Crippen molar-refractivity contribution in [1.82, 2.24) is 4.98 Å². The topological polar surface area (TPSA) is 59.2 Å². The molecule has 0 spiro atoms. The van der Waals surface area contributed by atoms with Crippen molar-refractivity contribution >= 4 is 11.8 Å². The molecule has 0 aliphatic heterocycles. The van der Waals surface area contributed by atoms with Crippen LogP contribution in [0.4, 0.5) is 0 Å². The van der Waals surface area contributed by atoms with Crippen LogP contribution < -0.4 is 0 Å². The molecule has 17 heavy (non-hydrogen) atoms. The molecular weight excluding hydrogens is 218 g/mol. The van der Waals surface area contributed by atoms with Crippen LogP contribution in [0.15, 0.2) is 0 Å². The van der Waals surface area contributed by atoms with Crippen LogP contribution in [0.2, 0.25) is 0 Å². The lowest BCUT2D eigenvalue weighted by atomic mass is 10.0. The smallest absolute Gasteiger partial charge is 0.305 e. The van der Waals surface area contributed by atoms with Crippen molar-refractivity contribution in [2.45, 2.75) is 40.0 Å². The lowest BCUT2D eigenvalue weighted by Gasteiger charge is -2.01. The van der Waals surface area contributed by atoms with E-state index < -0.39 is 0 Å². The number of carbonyl (C=O) groups excluding carboxylic acids is 2. The number of methoxy groups -OCH3 is 1. The van der Waals surface area contributed by atoms with Crippen LogP contribution in [0, 0.1) is 13.8 Å². The lowest BCUT2D eigenvalue weighted by molar-refractivity contribution is -0.140. The Kier molecular flexibility index (Phi) is 4.49. The van der Waals surface area contributed by atoms with Gasteiger partial charge in [0.2, 0.25) is 0 Å². The van der Waals surface area contributed by atoms with Gasteiger partial charge in [-0.3, -0.25) is 9.59 Å². The number of nitrogens with one attached hydrogen (secondary N) is 1. The summed E-state index contributed by atoms with van der Waals surface area (Å²) in [6.07, 6.45) is 1.89. The minimum Gasteiger partial charge on any atom is -0.469 e. The number of ether oxygens (including phenoxy) is 1. The molecule has 0 aromatic carbocycles. The minimum absolute atomic E-state index is 0.0791. The molecular formula is C13H19NO3. The van der Waals surface area contributed by atoms with Crippen LogP contribution in [0.5, 0.6) is 0 Å². The first kappa shape index (κ1) is 13.5. The van der Waals surface area contributed by atoms with Gasteiger partial charge in [-0.05, 0) is 39.2 Å². The molecule has 0 aliphatic carbocycles. The van der Waals surface area contributed by atoms with Gasteiger partial charge in [-0.1, -0.05) is 0 Å². The van der Waals surface area contributed by atoms with E-state index in [2.05, 4.69) is 9.72 Å². The number of hydrogen-bond acceptors (Lipinski definition) is 3. The maximum Gasteiger partial charge on any atom is 0.305 e. The molecule has 0 radical (unpaired) electrons. The fourth-order valence-electron chi connectivity index (χ4n) is 2.10. The molecule has 0 unspecified atom stereocenters. The van der Waals surface area contributed by atoms with Gasteiger partial charge in [0.25, 0.3) is 0 Å². The van der Waals surface area contributed by atoms with E-state index in [4.69, 9.17) is 0 Å². The number of H-pyrrole nitrogens is 1. The number of ketones is 1. The highest BCUT2D eigenvalue weighted by molar-refractivity contribution is 5.97. The van der Waals surface area contributed by atoms with E-state index in [1.54, 1.807) is 6.92 Å². The number of aromatic amines is 1. The maximum atomic E-state index is 11.4. The summed E-state index contributed by atoms with van der Waals surface area (Å²) in [7, 11) is 1.39. The number of hydrogen-bond donors (Lipinski definition) is 1. The molecule has 1 N–H and O–H groups in total. The van der Waals surface area contributed by atoms with Gasteiger partial charge in [0.05, 0.1) is 7.11 Å². The number of esters is 1. The molecule has 94 valence electrons. The maximum absolute atomic E-state index is 11.4. The van der Waals surface area contributed by atoms with Crippen LogP contribution in [0.1, 0.15) is 47.1 Å². The molecule has 1 rings (SSSR count). The van der Waals surface area contributed by atoms with E-state index in [1.165, 1.54) is 7.11 Å². The van der Waals surface area contributed by atoms with E-state index in [0.29, 0.717) is 6.42 Å². The molecule has 0 aliphatic rings. The number of aromatic nitrogens is 1. The van der Waals surface area contributed by atoms with E-state index in [1.807, 2.05) is 13.8 Å². The molecule has 1 aromatic rings. The van der Waals surface area contributed by atoms with E-state index in [-0.39, 0.29) is 11.8 Å². The van der Waals surface area contributed by atoms with Gasteiger partial charge in [-0.25, -0.2) is 0 Å². The van der Waals surface area contributed by atoms with Gasteiger partial charge in [0, 0.05) is 23.4 Å². The second-order valence-corrected chi connectivity index (χ2v) is 4.21. The van der Waals surface area contributed by atoms with E-state index >= 15 is 0 Å². The fraction of sp³-hybridized carbons (Fsp3) is 0.538. The molecule has 0 saturated heterocycles. The molecule has 0 fully saturated rings. The summed E-state index contributed by atoms with van der Waals surface area (Å²) in [6, 6.07) is 0. The number of aryl methyl sites for hydroxylation is 2. The standard InChI is InChI=1S/C13H19NO3/c1-8-11(6-5-7-12(16)17-4)14-9(2)13(8)10(3)15/h14H,5-7H2,1-4H3. The van der Waals surface area contributed by atoms with Gasteiger partial charge in [-0.2, -0.15) is 0 Å². The third-order valence-electron chi connectivity index (χ3n) is 2.93. The Morgan fingerprint density at radius 2 is 1.94 bits per heavy atom. The van der Waals surface area contributed by atoms with Crippen molar-refractivity contribution in [3.05, 3.63) is 22.5 Å². The first-order valence-corrected chi connectivity index (χ1v) is 5.73. The first-order valence-electron chi connectivity index (χ1n) is 5.73. The Morgan fingerprint density at radius 3 is 2.41 bits per heavy atom. The van der Waals surface area contributed by atoms with E-state index in [0.717, 1.165) is 35.4 Å². The van der Waals surface area contributed by atoms with Gasteiger partial charge < -0.3 is 9.72 Å². The molecule has 0 atom stereocenters. The summed E-state index contributed by atoms with van der Waals surface area (Å²) >= 11 is 0. The largest absolute Gasteiger partial charge is 0.469 e. The Bertz CT molecular complexity index is 432. The molecule has 4 nitrogen and oxygen atoms in total. The quantitative estimate of drug-likeness (QED) is 0.631. The Balaban J connectivity index is 2.70. The van der Waals surface area contributed by atoms with Gasteiger partial charge in [0.15, 0.2) is 5.78 Å². The highest BCUT2D eigenvalue weighted by Crippen LogP contribution is 2.19. The minimum atomic E-state index is -0.197. The SMILES string of the molecule is COC(=O)CCCc1[nH]c(C)c(C(C)=O)c1C. The molecule has 4 heteroatoms. The van der Waals surface area contributed by atoms with Crippen molar-refractivity contribution in [3.8, 4) is 0 Å². The van der Waals surface area contributed by atoms with E-state index in [9.17, 15) is 9.59 Å². The van der Waals surface area contributed by atoms with Crippen LogP contribution in [0.3, 0.4) is 0 Å². The number of rotatable bonds is 5. The first-order chi connectivity index (χ1) is 7.97. The molecule has 0 bridgehead atoms. The highest BCUT2D eigenvalue weighted by atomic mass is 16.5. The van der Waals surface area contributed by atoms with Gasteiger partial charge in [-0.15, -0.1) is 0 Å². The van der Waals surface area contributed by atoms with Crippen LogP contribution in [0.25, 0.3) is 0 Å². The van der Waals surface area contributed by atoms with Crippen molar-refractivity contribution < 1.29 is 14.3 Å². The number of Topliss-reactive ketones (excluding diaryl/α,β-unsaturated/α-hetero) is 1. The second kappa shape index (κ2) is 5.66. The second-order valence-electron chi connectivity index (χ2n) is 4.21. The molecule has 0 saturated carbocycles. The average Bonchev–Trinajstić information content (AvgIpc) is 2.53. The van der Waals surface area contributed by atoms with Crippen LogP contribution >= 0.6 is 0 Å². The highest BCUT2D eigenvalue weighted by Gasteiger charge is 2.14. The summed E-state index contributed by atoms with van der Waals surface area (Å²) in [5.41, 5.74) is 3.72. The van der Waals surface area contributed by atoms with Crippen LogP contribution in [-0.2, 0) is 16.0 Å². The predicted octanol–water partition coefficient (Wildman–Crippen LogP) is 2.33. The predicted molar refractivity (Wildman–Crippen MR) is 65.2 cm³/mol. The Labute approximate surface area is 101 Å². The van der Waals surface area contributed by atoms with Gasteiger partial charge >= 0.3 is 5.97 Å². The molecule has 1 aromatic heterocycles. The van der Waals surface area contributed by atoms with Crippen molar-refractivity contribution in [2.75, 3.05) is 7.11 Å². The lowest BCUT2D eigenvalue weighted by Crippen LogP contribution is -2.01. The van der Waals surface area contributed by atoms with Crippen LogP contribution in [-0.4, -0.2) is 23.8 Å². The Hall–Kier alpha value is -1.58. The molecule has 1 heterocycles. The summed E-state index contributed by atoms with van der Waals surface area (Å²) in [5.74, 6) is -0.117. The summed E-state index contributed by atoms with van der Waals surface area (Å²) in [4.78, 5) is 25.6. The fourth-order valence-corrected chi connectivity index (χ4v) is 2.10. The summed E-state index contributed by atoms with van der Waals surface area (Å²) in [6.45, 7) is 5.41. The third-order valence-corrected chi connectivity index (χ3v) is 2.93. The monoisotopic (exact) mass is 237 g/mol. The summed E-state index contributed by atoms with van der Waals surface area (Å²) < 4.78 is 4.58. The Morgan fingerprint density at radius 1 is 1.29 bits per heavy atom. The average molecular weight is 237 g/mol. The summed E-state index contributed by atoms with van der Waals surface area (Å²) in [5, 5.41) is 0. The zero-order valence-corrected chi connectivity index (χ0v) is 10.8. The zero-order chi connectivity index (χ0) is 13.0. The zero-order valence-electron chi connectivity index (χ0n) is 10.8. The van der Waals surface area contributed by atoms with Gasteiger partial charge in [0.1, 0.15) is 0 Å².